The molecule has 1 aromatic carbocycles. The minimum Gasteiger partial charge on any atom is -0.356 e. The van der Waals surface area contributed by atoms with E-state index >= 15 is 0 Å². The predicted octanol–water partition coefficient (Wildman–Crippen LogP) is 2.81. The number of nitrogens with zero attached hydrogens (tertiary/aromatic N) is 2. The van der Waals surface area contributed by atoms with Crippen LogP contribution in [-0.4, -0.2) is 34.3 Å². The van der Waals surface area contributed by atoms with Crippen molar-refractivity contribution in [1.29, 1.82) is 0 Å². The summed E-state index contributed by atoms with van der Waals surface area (Å²) in [5.41, 5.74) is 4.23. The number of nitrogens with one attached hydrogen (secondary N) is 2. The van der Waals surface area contributed by atoms with Crippen LogP contribution < -0.4 is 10.6 Å². The molecule has 0 aliphatic rings. The lowest BCUT2D eigenvalue weighted by molar-refractivity contribution is -0.120. The molecule has 6 nitrogen and oxygen atoms in total. The lowest BCUT2D eigenvalue weighted by Crippen LogP contribution is -2.29. The minimum atomic E-state index is -0.0535. The maximum atomic E-state index is 12.2. The number of imidazole rings is 1. The van der Waals surface area contributed by atoms with Crippen molar-refractivity contribution in [1.82, 2.24) is 20.0 Å². The molecule has 0 spiro atoms. The number of amides is 2. The highest BCUT2D eigenvalue weighted by Gasteiger charge is 2.12. The van der Waals surface area contributed by atoms with Crippen LogP contribution in [0.2, 0.25) is 0 Å². The van der Waals surface area contributed by atoms with Crippen molar-refractivity contribution < 1.29 is 9.59 Å². The Morgan fingerprint density at radius 1 is 1.15 bits per heavy atom. The molecule has 0 fully saturated rings. The highest BCUT2D eigenvalue weighted by atomic mass is 32.1. The molecule has 3 rings (SSSR count). The third-order valence-corrected chi connectivity index (χ3v) is 5.22. The van der Waals surface area contributed by atoms with Crippen LogP contribution in [0.3, 0.4) is 0 Å². The molecule has 2 amide bonds. The summed E-state index contributed by atoms with van der Waals surface area (Å²) in [5.74, 6) is -0.0812. The average Bonchev–Trinajstić information content (AvgIpc) is 3.23. The second-order valence-electron chi connectivity index (χ2n) is 6.42. The summed E-state index contributed by atoms with van der Waals surface area (Å²) >= 11 is 1.54. The maximum Gasteiger partial charge on any atom is 0.225 e. The summed E-state index contributed by atoms with van der Waals surface area (Å²) in [6, 6.07) is 8.43. The van der Waals surface area contributed by atoms with Gasteiger partial charge in [0.1, 0.15) is 0 Å². The van der Waals surface area contributed by atoms with E-state index < -0.39 is 0 Å². The molecule has 3 aromatic rings. The van der Waals surface area contributed by atoms with Crippen molar-refractivity contribution in [3.63, 3.8) is 0 Å². The van der Waals surface area contributed by atoms with Crippen LogP contribution in [0.15, 0.2) is 35.8 Å². The number of thiazole rings is 1. The maximum absolute atomic E-state index is 12.2. The quantitative estimate of drug-likeness (QED) is 0.587. The zero-order valence-corrected chi connectivity index (χ0v) is 16.4. The standard InChI is InChI=1S/C20H24N4O2S/c1-3-15-5-7-16(8-6-15)18-12-24-17(13-27-20(24)23-18)11-19(26)22-10-4-9-21-14(2)25/h5-8,12-13H,3-4,9-11H2,1-2H3,(H,21,25)(H,22,26). The summed E-state index contributed by atoms with van der Waals surface area (Å²) in [5, 5.41) is 7.58. The molecule has 0 saturated heterocycles. The number of carbonyl (C=O) groups excluding carboxylic acids is 2. The van der Waals surface area contributed by atoms with Crippen molar-refractivity contribution in [2.45, 2.75) is 33.1 Å². The number of benzene rings is 1. The predicted molar refractivity (Wildman–Crippen MR) is 108 cm³/mol. The van der Waals surface area contributed by atoms with Crippen LogP contribution in [0.1, 0.15) is 31.5 Å². The van der Waals surface area contributed by atoms with Crippen LogP contribution in [-0.2, 0) is 22.4 Å². The van der Waals surface area contributed by atoms with Gasteiger partial charge in [0.15, 0.2) is 4.96 Å². The summed E-state index contributed by atoms with van der Waals surface area (Å²) in [7, 11) is 0. The van der Waals surface area contributed by atoms with Gasteiger partial charge in [0, 0.05) is 42.8 Å². The van der Waals surface area contributed by atoms with Gasteiger partial charge in [-0.1, -0.05) is 31.2 Å². The van der Waals surface area contributed by atoms with Crippen molar-refractivity contribution in [3.05, 3.63) is 47.1 Å². The molecule has 2 aromatic heterocycles. The lowest BCUT2D eigenvalue weighted by Gasteiger charge is -2.05. The number of fused-ring (bicyclic) bond motifs is 1. The molecule has 2 heterocycles. The first-order valence-corrected chi connectivity index (χ1v) is 10.0. The van der Waals surface area contributed by atoms with E-state index in [1.807, 2.05) is 16.0 Å². The van der Waals surface area contributed by atoms with E-state index in [1.54, 1.807) is 0 Å². The summed E-state index contributed by atoms with van der Waals surface area (Å²) in [6.45, 7) is 4.74. The van der Waals surface area contributed by atoms with Gasteiger partial charge in [-0.05, 0) is 18.4 Å². The van der Waals surface area contributed by atoms with E-state index in [2.05, 4.69) is 46.8 Å². The Labute approximate surface area is 162 Å². The summed E-state index contributed by atoms with van der Waals surface area (Å²) in [6.07, 6.45) is 4.03. The van der Waals surface area contributed by atoms with Gasteiger partial charge in [0.25, 0.3) is 0 Å². The van der Waals surface area contributed by atoms with E-state index in [9.17, 15) is 9.59 Å². The highest BCUT2D eigenvalue weighted by Crippen LogP contribution is 2.24. The molecule has 27 heavy (non-hydrogen) atoms. The van der Waals surface area contributed by atoms with E-state index in [0.717, 1.165) is 28.3 Å². The number of rotatable bonds is 8. The number of carbonyl (C=O) groups is 2. The van der Waals surface area contributed by atoms with Crippen molar-refractivity contribution in [2.24, 2.45) is 0 Å². The van der Waals surface area contributed by atoms with Gasteiger partial charge in [0.05, 0.1) is 12.1 Å². The Morgan fingerprint density at radius 2 is 1.89 bits per heavy atom. The van der Waals surface area contributed by atoms with Crippen LogP contribution >= 0.6 is 11.3 Å². The molecular formula is C20H24N4O2S. The van der Waals surface area contributed by atoms with Crippen LogP contribution in [0.4, 0.5) is 0 Å². The molecule has 0 unspecified atom stereocenters. The topological polar surface area (TPSA) is 75.5 Å². The fourth-order valence-electron chi connectivity index (χ4n) is 2.81. The SMILES string of the molecule is CCc1ccc(-c2cn3c(CC(=O)NCCCNC(C)=O)csc3n2)cc1. The van der Waals surface area contributed by atoms with Crippen LogP contribution in [0.25, 0.3) is 16.2 Å². The molecule has 0 atom stereocenters. The molecular weight excluding hydrogens is 360 g/mol. The molecule has 0 aliphatic carbocycles. The molecule has 2 N–H and O–H groups in total. The van der Waals surface area contributed by atoms with Gasteiger partial charge < -0.3 is 10.6 Å². The number of aryl methyl sites for hydroxylation is 1. The van der Waals surface area contributed by atoms with Gasteiger partial charge >= 0.3 is 0 Å². The fraction of sp³-hybridized carbons (Fsp3) is 0.350. The number of aromatic nitrogens is 2. The smallest absolute Gasteiger partial charge is 0.225 e. The summed E-state index contributed by atoms with van der Waals surface area (Å²) in [4.78, 5) is 28.5. The average molecular weight is 385 g/mol. The van der Waals surface area contributed by atoms with Gasteiger partial charge in [-0.2, -0.15) is 0 Å². The lowest BCUT2D eigenvalue weighted by atomic mass is 10.1. The van der Waals surface area contributed by atoms with E-state index in [-0.39, 0.29) is 11.8 Å². The van der Waals surface area contributed by atoms with Gasteiger partial charge in [-0.3, -0.25) is 14.0 Å². The first-order chi connectivity index (χ1) is 13.1. The number of hydrogen-bond acceptors (Lipinski definition) is 4. The molecule has 142 valence electrons. The molecule has 0 saturated carbocycles. The zero-order valence-electron chi connectivity index (χ0n) is 15.6. The third kappa shape index (κ3) is 4.95. The van der Waals surface area contributed by atoms with Gasteiger partial charge in [-0.15, -0.1) is 11.3 Å². The molecule has 0 bridgehead atoms. The van der Waals surface area contributed by atoms with Gasteiger partial charge in [0.2, 0.25) is 11.8 Å². The highest BCUT2D eigenvalue weighted by molar-refractivity contribution is 7.15. The largest absolute Gasteiger partial charge is 0.356 e. The Morgan fingerprint density at radius 3 is 2.59 bits per heavy atom. The first-order valence-electron chi connectivity index (χ1n) is 9.12. The van der Waals surface area contributed by atoms with E-state index in [1.165, 1.54) is 23.8 Å². The zero-order chi connectivity index (χ0) is 19.2. The molecule has 7 heteroatoms. The second kappa shape index (κ2) is 8.81. The van der Waals surface area contributed by atoms with Crippen LogP contribution in [0.5, 0.6) is 0 Å². The van der Waals surface area contributed by atoms with E-state index in [0.29, 0.717) is 25.9 Å². The summed E-state index contributed by atoms with van der Waals surface area (Å²) < 4.78 is 1.99. The Kier molecular flexibility index (Phi) is 6.24. The van der Waals surface area contributed by atoms with Gasteiger partial charge in [-0.25, -0.2) is 4.98 Å². The Hall–Kier alpha value is -2.67. The Bertz CT molecular complexity index is 927. The van der Waals surface area contributed by atoms with Crippen molar-refractivity contribution >= 4 is 28.1 Å². The van der Waals surface area contributed by atoms with Crippen LogP contribution in [0, 0.1) is 0 Å². The third-order valence-electron chi connectivity index (χ3n) is 4.33. The normalized spacial score (nSPS) is 10.9. The first kappa shape index (κ1) is 19.1. The molecule has 0 radical (unpaired) electrons. The second-order valence-corrected chi connectivity index (χ2v) is 7.26. The fourth-order valence-corrected chi connectivity index (χ4v) is 3.69. The van der Waals surface area contributed by atoms with E-state index in [4.69, 9.17) is 0 Å². The number of hydrogen-bond donors (Lipinski definition) is 2. The minimum absolute atomic E-state index is 0.0277. The van der Waals surface area contributed by atoms with Crippen molar-refractivity contribution in [2.75, 3.05) is 13.1 Å². The monoisotopic (exact) mass is 384 g/mol. The molecule has 0 aliphatic heterocycles. The van der Waals surface area contributed by atoms with Crippen molar-refractivity contribution in [3.8, 4) is 11.3 Å². The Balaban J connectivity index is 1.61.